The summed E-state index contributed by atoms with van der Waals surface area (Å²) >= 11 is 18.0. The third-order valence-electron chi connectivity index (χ3n) is 4.65. The number of carbonyl (C=O) groups excluding carboxylic acids is 1. The average molecular weight is 707 g/mol. The largest absolute Gasteiger partial charge is 0.464 e. The Labute approximate surface area is 208 Å². The number of halogens is 5. The molecule has 0 aliphatic carbocycles. The molecule has 0 aromatic rings. The van der Waals surface area contributed by atoms with Gasteiger partial charge < -0.3 is 4.74 Å². The van der Waals surface area contributed by atoms with E-state index >= 15 is 0 Å². The summed E-state index contributed by atoms with van der Waals surface area (Å²) in [5, 5.41) is 0. The third-order valence-corrected chi connectivity index (χ3v) is 13.3. The van der Waals surface area contributed by atoms with Crippen molar-refractivity contribution in [2.75, 3.05) is 6.61 Å². The van der Waals surface area contributed by atoms with E-state index in [1.807, 2.05) is 0 Å². The lowest BCUT2D eigenvalue weighted by atomic mass is 10.0. The second kappa shape index (κ2) is 16.5. The molecule has 0 saturated heterocycles. The van der Waals surface area contributed by atoms with Crippen molar-refractivity contribution in [3.63, 3.8) is 0 Å². The van der Waals surface area contributed by atoms with Gasteiger partial charge in [-0.25, -0.2) is 4.79 Å². The first-order chi connectivity index (χ1) is 12.7. The Morgan fingerprint density at radius 1 is 0.778 bits per heavy atom. The molecule has 0 aliphatic rings. The molecule has 0 aliphatic heterocycles. The molecule has 0 bridgehead atoms. The fraction of sp³-hybridized carbons (Fsp3) is 0.950. The van der Waals surface area contributed by atoms with Crippen molar-refractivity contribution in [3.8, 4) is 0 Å². The van der Waals surface area contributed by atoms with Gasteiger partial charge in [0.05, 0.1) is 6.61 Å². The first-order valence-corrected chi connectivity index (χ1v) is 14.4. The van der Waals surface area contributed by atoms with Gasteiger partial charge in [-0.3, -0.25) is 0 Å². The normalized spacial score (nSPS) is 13.6. The van der Waals surface area contributed by atoms with Crippen LogP contribution >= 0.6 is 79.6 Å². The first kappa shape index (κ1) is 28.9. The highest BCUT2D eigenvalue weighted by atomic mass is 79.9. The third kappa shape index (κ3) is 11.7. The van der Waals surface area contributed by atoms with Crippen molar-refractivity contribution < 1.29 is 9.53 Å². The van der Waals surface area contributed by atoms with E-state index in [-0.39, 0.29) is 10.8 Å². The van der Waals surface area contributed by atoms with Gasteiger partial charge in [0.2, 0.25) is 3.23 Å². The number of alkyl halides is 5. The minimum absolute atomic E-state index is 0.0660. The van der Waals surface area contributed by atoms with Gasteiger partial charge in [0.25, 0.3) is 0 Å². The van der Waals surface area contributed by atoms with Crippen molar-refractivity contribution in [2.45, 2.75) is 109 Å². The fourth-order valence-electron chi connectivity index (χ4n) is 2.90. The van der Waals surface area contributed by atoms with Crippen LogP contribution in [0.1, 0.15) is 97.3 Å². The predicted molar refractivity (Wildman–Crippen MR) is 136 cm³/mol. The second-order valence-corrected chi connectivity index (χ2v) is 15.2. The molecule has 0 spiro atoms. The number of ether oxygens (including phenoxy) is 1. The maximum Gasteiger partial charge on any atom is 0.336 e. The smallest absolute Gasteiger partial charge is 0.336 e. The van der Waals surface area contributed by atoms with Crippen LogP contribution in [0, 0.1) is 0 Å². The Morgan fingerprint density at radius 3 is 1.59 bits per heavy atom. The zero-order valence-electron chi connectivity index (χ0n) is 16.7. The number of rotatable bonds is 17. The molecule has 0 rings (SSSR count). The lowest BCUT2D eigenvalue weighted by Crippen LogP contribution is -2.48. The summed E-state index contributed by atoms with van der Waals surface area (Å²) in [6, 6.07) is 0. The predicted octanol–water partition coefficient (Wildman–Crippen LogP) is 9.38. The zero-order valence-corrected chi connectivity index (χ0v) is 24.6. The minimum Gasteiger partial charge on any atom is -0.464 e. The van der Waals surface area contributed by atoms with E-state index < -0.39 is 6.47 Å². The summed E-state index contributed by atoms with van der Waals surface area (Å²) in [6.45, 7) is 4.42. The van der Waals surface area contributed by atoms with Gasteiger partial charge in [-0.1, -0.05) is 164 Å². The number of hydrogen-bond acceptors (Lipinski definition) is 2. The number of hydrogen-bond donors (Lipinski definition) is 0. The number of esters is 1. The van der Waals surface area contributed by atoms with Gasteiger partial charge in [0.15, 0.2) is 0 Å². The lowest BCUT2D eigenvalue weighted by Gasteiger charge is -2.36. The SMILES string of the molecule is CCCCCCCCCCCCCCC(Br)C(Br)(Br)C(Br)(Br)C(=O)OCC. The Kier molecular flexibility index (Phi) is 17.7. The summed E-state index contributed by atoms with van der Waals surface area (Å²) < 4.78 is 3.43. The van der Waals surface area contributed by atoms with Crippen LogP contribution in [-0.4, -0.2) is 23.9 Å². The van der Waals surface area contributed by atoms with E-state index in [4.69, 9.17) is 4.74 Å². The zero-order chi connectivity index (χ0) is 20.8. The number of unbranched alkanes of at least 4 members (excludes halogenated alkanes) is 11. The van der Waals surface area contributed by atoms with Crippen molar-refractivity contribution in [2.24, 2.45) is 0 Å². The summed E-state index contributed by atoms with van der Waals surface area (Å²) in [4.78, 5) is 12.3. The fourth-order valence-corrected chi connectivity index (χ4v) is 5.74. The summed E-state index contributed by atoms with van der Waals surface area (Å²) in [7, 11) is 0. The van der Waals surface area contributed by atoms with Gasteiger partial charge in [-0.2, -0.15) is 0 Å². The van der Waals surface area contributed by atoms with Crippen LogP contribution in [0.2, 0.25) is 0 Å². The lowest BCUT2D eigenvalue weighted by molar-refractivity contribution is -0.143. The Bertz CT molecular complexity index is 389. The van der Waals surface area contributed by atoms with Gasteiger partial charge in [-0.15, -0.1) is 0 Å². The van der Waals surface area contributed by atoms with E-state index in [0.29, 0.717) is 6.61 Å². The van der Waals surface area contributed by atoms with E-state index in [1.54, 1.807) is 6.92 Å². The van der Waals surface area contributed by atoms with Crippen LogP contribution in [-0.2, 0) is 9.53 Å². The molecule has 1 unspecified atom stereocenters. The molecular formula is C20H35Br5O2. The van der Waals surface area contributed by atoms with Crippen LogP contribution in [0.4, 0.5) is 0 Å². The maximum absolute atomic E-state index is 12.2. The topological polar surface area (TPSA) is 26.3 Å². The molecule has 162 valence electrons. The van der Waals surface area contributed by atoms with Gasteiger partial charge in [0, 0.05) is 4.83 Å². The molecule has 0 N–H and O–H groups in total. The van der Waals surface area contributed by atoms with Crippen LogP contribution in [0.5, 0.6) is 0 Å². The molecule has 27 heavy (non-hydrogen) atoms. The van der Waals surface area contributed by atoms with Gasteiger partial charge >= 0.3 is 5.97 Å². The van der Waals surface area contributed by atoms with Crippen LogP contribution in [0.3, 0.4) is 0 Å². The number of carbonyl (C=O) groups is 1. The Morgan fingerprint density at radius 2 is 1.19 bits per heavy atom. The van der Waals surface area contributed by atoms with Crippen molar-refractivity contribution in [3.05, 3.63) is 0 Å². The van der Waals surface area contributed by atoms with Crippen LogP contribution in [0.15, 0.2) is 0 Å². The van der Waals surface area contributed by atoms with Gasteiger partial charge in [-0.05, 0) is 13.3 Å². The summed E-state index contributed by atoms with van der Waals surface area (Å²) in [5.41, 5.74) is 0. The second-order valence-electron chi connectivity index (χ2n) is 7.06. The quantitative estimate of drug-likeness (QED) is 0.0857. The van der Waals surface area contributed by atoms with Crippen LogP contribution < -0.4 is 0 Å². The standard InChI is InChI=1S/C20H35Br5O2/c1-3-5-6-7-8-9-10-11-12-13-14-15-16-17(21)19(22,23)20(24,25)18(26)27-4-2/h17H,3-16H2,1-2H3. The highest BCUT2D eigenvalue weighted by molar-refractivity contribution is 9.31. The molecule has 0 fully saturated rings. The molecule has 0 saturated carbocycles. The molecule has 0 heterocycles. The van der Waals surface area contributed by atoms with Crippen LogP contribution in [0.25, 0.3) is 0 Å². The van der Waals surface area contributed by atoms with Crippen molar-refractivity contribution >= 4 is 85.6 Å². The Hall–Kier alpha value is 1.87. The first-order valence-electron chi connectivity index (χ1n) is 10.3. The minimum atomic E-state index is -1.03. The van der Waals surface area contributed by atoms with E-state index in [0.717, 1.165) is 12.8 Å². The molecule has 0 amide bonds. The average Bonchev–Trinajstić information content (AvgIpc) is 2.62. The molecular weight excluding hydrogens is 672 g/mol. The highest BCUT2D eigenvalue weighted by Gasteiger charge is 2.55. The Balaban J connectivity index is 3.87. The molecule has 0 aromatic carbocycles. The van der Waals surface area contributed by atoms with Gasteiger partial charge in [0.1, 0.15) is 3.23 Å². The monoisotopic (exact) mass is 702 g/mol. The molecule has 0 radical (unpaired) electrons. The summed E-state index contributed by atoms with van der Waals surface area (Å²) in [5.74, 6) is -0.349. The highest BCUT2D eigenvalue weighted by Crippen LogP contribution is 2.54. The molecule has 0 aromatic heterocycles. The molecule has 7 heteroatoms. The van der Waals surface area contributed by atoms with E-state index in [1.165, 1.54) is 70.6 Å². The van der Waals surface area contributed by atoms with Crippen molar-refractivity contribution in [1.29, 1.82) is 0 Å². The van der Waals surface area contributed by atoms with E-state index in [2.05, 4.69) is 86.6 Å². The molecule has 1 atom stereocenters. The molecule has 2 nitrogen and oxygen atoms in total. The van der Waals surface area contributed by atoms with E-state index in [9.17, 15) is 4.79 Å². The summed E-state index contributed by atoms with van der Waals surface area (Å²) in [6.07, 6.45) is 17.0. The maximum atomic E-state index is 12.2. The van der Waals surface area contributed by atoms with Crippen molar-refractivity contribution in [1.82, 2.24) is 0 Å².